The first-order valence-electron chi connectivity index (χ1n) is 7.53. The monoisotopic (exact) mass is 291 g/mol. The van der Waals surface area contributed by atoms with Crippen molar-refractivity contribution in [1.82, 2.24) is 5.32 Å². The van der Waals surface area contributed by atoms with Crippen LogP contribution >= 0.6 is 0 Å². The van der Waals surface area contributed by atoms with Crippen molar-refractivity contribution in [3.63, 3.8) is 0 Å². The first-order valence-corrected chi connectivity index (χ1v) is 7.53. The van der Waals surface area contributed by atoms with Crippen LogP contribution in [0.4, 0.5) is 5.69 Å². The Hall–Kier alpha value is -1.75. The predicted molar refractivity (Wildman–Crippen MR) is 84.6 cm³/mol. The molecule has 2 atom stereocenters. The van der Waals surface area contributed by atoms with Crippen LogP contribution in [0.3, 0.4) is 0 Å². The first-order chi connectivity index (χ1) is 10.1. The highest BCUT2D eigenvalue weighted by atomic mass is 16.5. The van der Waals surface area contributed by atoms with E-state index in [0.717, 1.165) is 37.4 Å². The molecule has 0 radical (unpaired) electrons. The molecule has 1 aromatic carbocycles. The summed E-state index contributed by atoms with van der Waals surface area (Å²) in [5.41, 5.74) is 6.77. The minimum absolute atomic E-state index is 0.0735. The van der Waals surface area contributed by atoms with Crippen LogP contribution in [0.1, 0.15) is 26.2 Å². The van der Waals surface area contributed by atoms with Crippen molar-refractivity contribution in [2.75, 3.05) is 25.1 Å². The largest absolute Gasteiger partial charge is 0.495 e. The Labute approximate surface area is 126 Å². The summed E-state index contributed by atoms with van der Waals surface area (Å²) in [5.74, 6) is 0.973. The summed E-state index contributed by atoms with van der Waals surface area (Å²) in [6.45, 7) is 3.68. The number of para-hydroxylation sites is 2. The molecule has 1 fully saturated rings. The number of amides is 1. The van der Waals surface area contributed by atoms with E-state index < -0.39 is 0 Å². The highest BCUT2D eigenvalue weighted by Crippen LogP contribution is 2.30. The summed E-state index contributed by atoms with van der Waals surface area (Å²) in [7, 11) is 1.68. The molecule has 5 heteroatoms. The van der Waals surface area contributed by atoms with Crippen molar-refractivity contribution in [1.29, 1.82) is 0 Å². The van der Waals surface area contributed by atoms with E-state index >= 15 is 0 Å². The standard InChI is InChI=1S/C16H25N3O2/c1-12(17)7-8-16(20)18-13-9-10-19(11-13)14-5-3-4-6-15(14)21-2/h3-6,12-13H,7-11,17H2,1-2H3,(H,18,20). The summed E-state index contributed by atoms with van der Waals surface area (Å²) in [4.78, 5) is 14.1. The summed E-state index contributed by atoms with van der Waals surface area (Å²) in [6.07, 6.45) is 2.19. The van der Waals surface area contributed by atoms with Crippen LogP contribution in [0, 0.1) is 0 Å². The maximum atomic E-state index is 11.9. The van der Waals surface area contributed by atoms with Gasteiger partial charge in [0.05, 0.1) is 12.8 Å². The van der Waals surface area contributed by atoms with E-state index in [1.807, 2.05) is 25.1 Å². The molecule has 0 aliphatic carbocycles. The predicted octanol–water partition coefficient (Wildman–Crippen LogP) is 1.52. The van der Waals surface area contributed by atoms with Crippen LogP contribution in [-0.2, 0) is 4.79 Å². The maximum absolute atomic E-state index is 11.9. The van der Waals surface area contributed by atoms with Crippen LogP contribution < -0.4 is 20.7 Å². The van der Waals surface area contributed by atoms with Gasteiger partial charge < -0.3 is 20.7 Å². The molecule has 2 rings (SSSR count). The smallest absolute Gasteiger partial charge is 0.220 e. The summed E-state index contributed by atoms with van der Waals surface area (Å²) < 4.78 is 5.40. The van der Waals surface area contributed by atoms with Gasteiger partial charge in [-0.15, -0.1) is 0 Å². The van der Waals surface area contributed by atoms with Gasteiger partial charge in [-0.25, -0.2) is 0 Å². The minimum atomic E-state index is 0.0735. The normalized spacial score (nSPS) is 19.4. The Morgan fingerprint density at radius 1 is 1.52 bits per heavy atom. The number of carbonyl (C=O) groups is 1. The van der Waals surface area contributed by atoms with Gasteiger partial charge in [-0.05, 0) is 31.9 Å². The lowest BCUT2D eigenvalue weighted by molar-refractivity contribution is -0.121. The average Bonchev–Trinajstić information content (AvgIpc) is 2.93. The molecular formula is C16H25N3O2. The molecule has 0 saturated carbocycles. The van der Waals surface area contributed by atoms with E-state index in [4.69, 9.17) is 10.5 Å². The number of rotatable bonds is 6. The number of carbonyl (C=O) groups excluding carboxylic acids is 1. The Morgan fingerprint density at radius 3 is 3.00 bits per heavy atom. The summed E-state index contributed by atoms with van der Waals surface area (Å²) in [6, 6.07) is 8.26. The number of nitrogens with one attached hydrogen (secondary N) is 1. The van der Waals surface area contributed by atoms with Crippen LogP contribution in [0.2, 0.25) is 0 Å². The third-order valence-corrected chi connectivity index (χ3v) is 3.81. The zero-order valence-electron chi connectivity index (χ0n) is 12.8. The van der Waals surface area contributed by atoms with Crippen molar-refractivity contribution in [3.05, 3.63) is 24.3 Å². The van der Waals surface area contributed by atoms with Gasteiger partial charge in [0, 0.05) is 31.6 Å². The van der Waals surface area contributed by atoms with Gasteiger partial charge in [-0.1, -0.05) is 12.1 Å². The minimum Gasteiger partial charge on any atom is -0.495 e. The zero-order chi connectivity index (χ0) is 15.2. The van der Waals surface area contributed by atoms with Gasteiger partial charge in [0.25, 0.3) is 0 Å². The quantitative estimate of drug-likeness (QED) is 0.834. The van der Waals surface area contributed by atoms with Gasteiger partial charge in [0.2, 0.25) is 5.91 Å². The molecule has 2 unspecified atom stereocenters. The second-order valence-corrected chi connectivity index (χ2v) is 5.69. The third kappa shape index (κ3) is 4.36. The van der Waals surface area contributed by atoms with Crippen LogP contribution in [-0.4, -0.2) is 38.2 Å². The van der Waals surface area contributed by atoms with E-state index in [-0.39, 0.29) is 18.0 Å². The molecule has 1 amide bonds. The number of hydrogen-bond acceptors (Lipinski definition) is 4. The fourth-order valence-electron chi connectivity index (χ4n) is 2.65. The van der Waals surface area contributed by atoms with E-state index in [1.165, 1.54) is 0 Å². The number of benzene rings is 1. The maximum Gasteiger partial charge on any atom is 0.220 e. The molecule has 1 heterocycles. The van der Waals surface area contributed by atoms with Gasteiger partial charge in [0.1, 0.15) is 5.75 Å². The van der Waals surface area contributed by atoms with Crippen molar-refractivity contribution in [2.24, 2.45) is 5.73 Å². The highest BCUT2D eigenvalue weighted by molar-refractivity contribution is 5.76. The van der Waals surface area contributed by atoms with Gasteiger partial charge in [-0.3, -0.25) is 4.79 Å². The topological polar surface area (TPSA) is 67.6 Å². The number of nitrogens with zero attached hydrogens (tertiary/aromatic N) is 1. The molecule has 1 aromatic rings. The summed E-state index contributed by atoms with van der Waals surface area (Å²) in [5, 5.41) is 3.09. The second kappa shape index (κ2) is 7.31. The number of ether oxygens (including phenoxy) is 1. The molecule has 1 saturated heterocycles. The lowest BCUT2D eigenvalue weighted by Crippen LogP contribution is -2.37. The average molecular weight is 291 g/mol. The van der Waals surface area contributed by atoms with Gasteiger partial charge in [0.15, 0.2) is 0 Å². The molecule has 0 bridgehead atoms. The fourth-order valence-corrected chi connectivity index (χ4v) is 2.65. The molecular weight excluding hydrogens is 266 g/mol. The molecule has 5 nitrogen and oxygen atoms in total. The molecule has 0 aromatic heterocycles. The number of nitrogens with two attached hydrogens (primary N) is 1. The van der Waals surface area contributed by atoms with Crippen molar-refractivity contribution >= 4 is 11.6 Å². The third-order valence-electron chi connectivity index (χ3n) is 3.81. The van der Waals surface area contributed by atoms with E-state index in [1.54, 1.807) is 7.11 Å². The van der Waals surface area contributed by atoms with Crippen molar-refractivity contribution in [3.8, 4) is 5.75 Å². The molecule has 0 spiro atoms. The van der Waals surface area contributed by atoms with E-state index in [9.17, 15) is 4.79 Å². The number of anilines is 1. The van der Waals surface area contributed by atoms with Crippen LogP contribution in [0.15, 0.2) is 24.3 Å². The van der Waals surface area contributed by atoms with Crippen molar-refractivity contribution in [2.45, 2.75) is 38.3 Å². The Bertz CT molecular complexity index is 476. The second-order valence-electron chi connectivity index (χ2n) is 5.69. The molecule has 116 valence electrons. The number of hydrogen-bond donors (Lipinski definition) is 2. The van der Waals surface area contributed by atoms with E-state index in [2.05, 4.69) is 16.3 Å². The van der Waals surface area contributed by atoms with Crippen LogP contribution in [0.25, 0.3) is 0 Å². The van der Waals surface area contributed by atoms with Crippen molar-refractivity contribution < 1.29 is 9.53 Å². The molecule has 21 heavy (non-hydrogen) atoms. The van der Waals surface area contributed by atoms with Gasteiger partial charge in [-0.2, -0.15) is 0 Å². The Balaban J connectivity index is 1.87. The summed E-state index contributed by atoms with van der Waals surface area (Å²) >= 11 is 0. The first kappa shape index (κ1) is 15.6. The molecule has 1 aliphatic heterocycles. The fraction of sp³-hybridized carbons (Fsp3) is 0.562. The van der Waals surface area contributed by atoms with E-state index in [0.29, 0.717) is 6.42 Å². The number of methoxy groups -OCH3 is 1. The van der Waals surface area contributed by atoms with Gasteiger partial charge >= 0.3 is 0 Å². The lowest BCUT2D eigenvalue weighted by Gasteiger charge is -2.21. The highest BCUT2D eigenvalue weighted by Gasteiger charge is 2.25. The SMILES string of the molecule is COc1ccccc1N1CCC(NC(=O)CCC(C)N)C1. The lowest BCUT2D eigenvalue weighted by atomic mass is 10.2. The Morgan fingerprint density at radius 2 is 2.29 bits per heavy atom. The zero-order valence-corrected chi connectivity index (χ0v) is 12.8. The van der Waals surface area contributed by atoms with Crippen LogP contribution in [0.5, 0.6) is 5.75 Å². The molecule has 1 aliphatic rings. The molecule has 3 N–H and O–H groups in total. The Kier molecular flexibility index (Phi) is 5.44.